The number of phenols is 1. The number of hydrogen-bond acceptors (Lipinski definition) is 3. The molecule has 0 radical (unpaired) electrons. The third kappa shape index (κ3) is 4.26. The minimum absolute atomic E-state index is 0.0500. The second-order valence-corrected chi connectivity index (χ2v) is 6.32. The van der Waals surface area contributed by atoms with Crippen LogP contribution in [0.1, 0.15) is 21.5 Å². The number of ether oxygens (including phenoxy) is 1. The third-order valence-electron chi connectivity index (χ3n) is 3.70. The van der Waals surface area contributed by atoms with Gasteiger partial charge in [0.15, 0.2) is 11.5 Å². The van der Waals surface area contributed by atoms with Gasteiger partial charge in [0.2, 0.25) is 0 Å². The summed E-state index contributed by atoms with van der Waals surface area (Å²) in [6.07, 6.45) is 0.780. The zero-order chi connectivity index (χ0) is 17.0. The molecular formula is C18H20BrNO3. The number of aromatic hydroxyl groups is 1. The number of nitrogens with zero attached hydrogens (tertiary/aromatic N) is 1. The second-order valence-electron chi connectivity index (χ2n) is 5.47. The van der Waals surface area contributed by atoms with Gasteiger partial charge in [-0.05, 0) is 47.0 Å². The molecule has 0 fully saturated rings. The van der Waals surface area contributed by atoms with Crippen molar-refractivity contribution in [1.29, 1.82) is 0 Å². The standard InChI is InChI=1S/C18H20BrNO3/c1-12-4-6-13(7-5-12)8-9-20(2)18(22)14-10-16(21)17(23-3)11-15(14)19/h4-7,10-11,21H,8-9H2,1-3H3. The molecule has 0 saturated heterocycles. The number of benzene rings is 2. The lowest BCUT2D eigenvalue weighted by Gasteiger charge is -2.19. The number of amides is 1. The van der Waals surface area contributed by atoms with Crippen LogP contribution in [0.15, 0.2) is 40.9 Å². The summed E-state index contributed by atoms with van der Waals surface area (Å²) in [6.45, 7) is 2.65. The molecule has 2 aromatic rings. The minimum Gasteiger partial charge on any atom is -0.504 e. The molecule has 23 heavy (non-hydrogen) atoms. The Hall–Kier alpha value is -2.01. The molecule has 0 bridgehead atoms. The molecule has 0 saturated carbocycles. The molecule has 0 heterocycles. The van der Waals surface area contributed by atoms with Gasteiger partial charge in [-0.2, -0.15) is 0 Å². The van der Waals surface area contributed by atoms with Crippen LogP contribution in [-0.4, -0.2) is 36.6 Å². The van der Waals surface area contributed by atoms with E-state index < -0.39 is 0 Å². The summed E-state index contributed by atoms with van der Waals surface area (Å²) in [4.78, 5) is 14.2. The molecule has 0 aliphatic rings. The Morgan fingerprint density at radius 1 is 1.26 bits per heavy atom. The highest BCUT2D eigenvalue weighted by Gasteiger charge is 2.18. The first-order chi connectivity index (χ1) is 10.9. The van der Waals surface area contributed by atoms with Gasteiger partial charge in [-0.3, -0.25) is 4.79 Å². The fraction of sp³-hybridized carbons (Fsp3) is 0.278. The Morgan fingerprint density at radius 3 is 2.52 bits per heavy atom. The topological polar surface area (TPSA) is 49.8 Å². The average molecular weight is 378 g/mol. The Bertz CT molecular complexity index is 698. The number of hydrogen-bond donors (Lipinski definition) is 1. The highest BCUT2D eigenvalue weighted by Crippen LogP contribution is 2.32. The Kier molecular flexibility index (Phi) is 5.66. The molecule has 0 atom stereocenters. The molecule has 5 heteroatoms. The SMILES string of the molecule is COc1cc(Br)c(C(=O)N(C)CCc2ccc(C)cc2)cc1O. The summed E-state index contributed by atoms with van der Waals surface area (Å²) in [5.41, 5.74) is 2.82. The smallest absolute Gasteiger partial charge is 0.254 e. The van der Waals surface area contributed by atoms with E-state index in [1.165, 1.54) is 24.3 Å². The molecule has 0 aliphatic heterocycles. The Labute approximate surface area is 144 Å². The van der Waals surface area contributed by atoms with Gasteiger partial charge in [0.05, 0.1) is 12.7 Å². The first-order valence-electron chi connectivity index (χ1n) is 7.30. The molecule has 4 nitrogen and oxygen atoms in total. The van der Waals surface area contributed by atoms with Crippen LogP contribution < -0.4 is 4.74 Å². The van der Waals surface area contributed by atoms with Crippen molar-refractivity contribution in [2.75, 3.05) is 20.7 Å². The number of carbonyl (C=O) groups is 1. The minimum atomic E-state index is -0.151. The lowest BCUT2D eigenvalue weighted by Crippen LogP contribution is -2.29. The first kappa shape index (κ1) is 17.3. The molecule has 0 spiro atoms. The van der Waals surface area contributed by atoms with Crippen molar-refractivity contribution in [3.05, 3.63) is 57.6 Å². The zero-order valence-electron chi connectivity index (χ0n) is 13.5. The molecule has 0 unspecified atom stereocenters. The molecule has 122 valence electrons. The fourth-order valence-corrected chi connectivity index (χ4v) is 2.72. The van der Waals surface area contributed by atoms with Gasteiger partial charge in [-0.15, -0.1) is 0 Å². The molecule has 2 aromatic carbocycles. The average Bonchev–Trinajstić information content (AvgIpc) is 2.55. The van der Waals surface area contributed by atoms with Crippen LogP contribution in [0.2, 0.25) is 0 Å². The van der Waals surface area contributed by atoms with Crippen LogP contribution in [0.5, 0.6) is 11.5 Å². The summed E-state index contributed by atoms with van der Waals surface area (Å²) in [5.74, 6) is 0.128. The van der Waals surface area contributed by atoms with E-state index in [0.717, 1.165) is 6.42 Å². The summed E-state index contributed by atoms with van der Waals surface area (Å²) in [7, 11) is 3.22. The summed E-state index contributed by atoms with van der Waals surface area (Å²) < 4.78 is 5.63. The van der Waals surface area contributed by atoms with Crippen molar-refractivity contribution in [1.82, 2.24) is 4.90 Å². The number of aryl methyl sites for hydroxylation is 1. The van der Waals surface area contributed by atoms with Gasteiger partial charge >= 0.3 is 0 Å². The van der Waals surface area contributed by atoms with Crippen molar-refractivity contribution >= 4 is 21.8 Å². The largest absolute Gasteiger partial charge is 0.504 e. The molecular weight excluding hydrogens is 358 g/mol. The highest BCUT2D eigenvalue weighted by molar-refractivity contribution is 9.10. The second kappa shape index (κ2) is 7.51. The summed E-state index contributed by atoms with van der Waals surface area (Å²) in [5, 5.41) is 9.86. The van der Waals surface area contributed by atoms with Gasteiger partial charge in [0.1, 0.15) is 0 Å². The van der Waals surface area contributed by atoms with E-state index >= 15 is 0 Å². The van der Waals surface area contributed by atoms with Crippen LogP contribution in [0, 0.1) is 6.92 Å². The highest BCUT2D eigenvalue weighted by atomic mass is 79.9. The Morgan fingerprint density at radius 2 is 1.91 bits per heavy atom. The molecule has 2 rings (SSSR count). The van der Waals surface area contributed by atoms with Crippen molar-refractivity contribution in [2.24, 2.45) is 0 Å². The molecule has 0 aliphatic carbocycles. The van der Waals surface area contributed by atoms with E-state index in [1.807, 2.05) is 6.92 Å². The molecule has 0 aromatic heterocycles. The maximum atomic E-state index is 12.5. The van der Waals surface area contributed by atoms with E-state index in [-0.39, 0.29) is 11.7 Å². The fourth-order valence-electron chi connectivity index (χ4n) is 2.23. The van der Waals surface area contributed by atoms with Crippen molar-refractivity contribution in [3.8, 4) is 11.5 Å². The number of carbonyl (C=O) groups excluding carboxylic acids is 1. The number of rotatable bonds is 5. The van der Waals surface area contributed by atoms with Crippen molar-refractivity contribution in [3.63, 3.8) is 0 Å². The number of methoxy groups -OCH3 is 1. The maximum Gasteiger partial charge on any atom is 0.254 e. The van der Waals surface area contributed by atoms with Gasteiger partial charge in [-0.1, -0.05) is 29.8 Å². The van der Waals surface area contributed by atoms with Gasteiger partial charge in [0.25, 0.3) is 5.91 Å². The predicted octanol–water partition coefficient (Wildman–Crippen LogP) is 3.79. The zero-order valence-corrected chi connectivity index (χ0v) is 15.1. The number of halogens is 1. The van der Waals surface area contributed by atoms with E-state index in [9.17, 15) is 9.90 Å². The van der Waals surface area contributed by atoms with E-state index in [2.05, 4.69) is 40.2 Å². The quantitative estimate of drug-likeness (QED) is 0.862. The van der Waals surface area contributed by atoms with Crippen LogP contribution in [0.25, 0.3) is 0 Å². The van der Waals surface area contributed by atoms with Gasteiger partial charge < -0.3 is 14.7 Å². The molecule has 1 N–H and O–H groups in total. The monoisotopic (exact) mass is 377 g/mol. The lowest BCUT2D eigenvalue weighted by atomic mass is 10.1. The van der Waals surface area contributed by atoms with Crippen molar-refractivity contribution in [2.45, 2.75) is 13.3 Å². The van der Waals surface area contributed by atoms with Crippen LogP contribution in [0.4, 0.5) is 0 Å². The lowest BCUT2D eigenvalue weighted by molar-refractivity contribution is 0.0795. The number of phenolic OH excluding ortho intramolecular Hbond substituents is 1. The van der Waals surface area contributed by atoms with Crippen molar-refractivity contribution < 1.29 is 14.6 Å². The van der Waals surface area contributed by atoms with E-state index in [0.29, 0.717) is 22.3 Å². The number of likely N-dealkylation sites (N-methyl/N-ethyl adjacent to an activating group) is 1. The predicted molar refractivity (Wildman–Crippen MR) is 94.2 cm³/mol. The first-order valence-corrected chi connectivity index (χ1v) is 8.09. The van der Waals surface area contributed by atoms with E-state index in [1.54, 1.807) is 18.0 Å². The van der Waals surface area contributed by atoms with Crippen LogP contribution in [-0.2, 0) is 6.42 Å². The van der Waals surface area contributed by atoms with E-state index in [4.69, 9.17) is 4.74 Å². The third-order valence-corrected chi connectivity index (χ3v) is 4.36. The molecule has 1 amide bonds. The van der Waals surface area contributed by atoms with Gasteiger partial charge in [0, 0.05) is 18.1 Å². The normalized spacial score (nSPS) is 10.4. The van der Waals surface area contributed by atoms with Crippen LogP contribution >= 0.6 is 15.9 Å². The van der Waals surface area contributed by atoms with Gasteiger partial charge in [-0.25, -0.2) is 0 Å². The van der Waals surface area contributed by atoms with Crippen LogP contribution in [0.3, 0.4) is 0 Å². The maximum absolute atomic E-state index is 12.5. The summed E-state index contributed by atoms with van der Waals surface area (Å²) >= 11 is 3.36. The Balaban J connectivity index is 2.07. The summed E-state index contributed by atoms with van der Waals surface area (Å²) in [6, 6.07) is 11.3.